The smallest absolute Gasteiger partial charge is 0.187 e. The number of rotatable bonds is 6. The number of hydrogen-bond donors (Lipinski definition) is 0. The summed E-state index contributed by atoms with van der Waals surface area (Å²) in [4.78, 5) is 8.43. The summed E-state index contributed by atoms with van der Waals surface area (Å²) in [5.74, 6) is 1.63. The van der Waals surface area contributed by atoms with Crippen molar-refractivity contribution >= 4 is 72.1 Å². The van der Waals surface area contributed by atoms with E-state index in [9.17, 15) is 5.26 Å². The third-order valence-electron chi connectivity index (χ3n) is 12.1. The van der Waals surface area contributed by atoms with Crippen molar-refractivity contribution in [2.75, 3.05) is 9.80 Å². The molecule has 1 heterocycles. The van der Waals surface area contributed by atoms with Crippen molar-refractivity contribution in [3.8, 4) is 28.7 Å². The topological polar surface area (TPSA) is 43.9 Å². The van der Waals surface area contributed by atoms with Gasteiger partial charge in [0.15, 0.2) is 5.69 Å². The number of anilines is 6. The summed E-state index contributed by atoms with van der Waals surface area (Å²) < 4.78 is 7.01. The zero-order chi connectivity index (χ0) is 42.1. The van der Waals surface area contributed by atoms with Gasteiger partial charge in [-0.25, -0.2) is 4.85 Å². The number of ether oxygens (including phenoxy) is 1. The number of para-hydroxylation sites is 2. The molecular formula is C56H42N4O. The normalized spacial score (nSPS) is 11.5. The van der Waals surface area contributed by atoms with Crippen molar-refractivity contribution in [2.24, 2.45) is 0 Å². The molecule has 0 radical (unpaired) electrons. The SMILES string of the molecule is [C-]#[N+]c1cc(C)c(N(c2ccccc2)c2cc3c4cc(C)cc5c4c(cc3c3cc(C)ccc23)-c2ccc(N(c3ccccc3)c3c(C)cc(C#N)cc3C)cc2O5)c(C)c1. The molecule has 5 nitrogen and oxygen atoms in total. The highest BCUT2D eigenvalue weighted by molar-refractivity contribution is 6.26. The molecule has 9 aromatic carbocycles. The molecule has 0 aliphatic carbocycles. The largest absolute Gasteiger partial charge is 0.456 e. The van der Waals surface area contributed by atoms with E-state index in [1.165, 1.54) is 16.3 Å². The number of benzene rings is 9. The van der Waals surface area contributed by atoms with E-state index >= 15 is 0 Å². The Kier molecular flexibility index (Phi) is 8.86. The molecule has 0 amide bonds. The van der Waals surface area contributed by atoms with Crippen LogP contribution < -0.4 is 14.5 Å². The van der Waals surface area contributed by atoms with Gasteiger partial charge in [0.05, 0.1) is 29.6 Å². The lowest BCUT2D eigenvalue weighted by Crippen LogP contribution is -2.14. The molecule has 0 bridgehead atoms. The van der Waals surface area contributed by atoms with Crippen LogP contribution in [-0.4, -0.2) is 0 Å². The molecule has 9 aromatic rings. The highest BCUT2D eigenvalue weighted by atomic mass is 16.5. The van der Waals surface area contributed by atoms with E-state index in [0.717, 1.165) is 106 Å². The number of fused-ring (bicyclic) bond motifs is 6. The molecule has 0 N–H and O–H groups in total. The van der Waals surface area contributed by atoms with Crippen LogP contribution in [-0.2, 0) is 0 Å². The van der Waals surface area contributed by atoms with Crippen molar-refractivity contribution in [2.45, 2.75) is 41.5 Å². The Morgan fingerprint density at radius 2 is 1.08 bits per heavy atom. The summed E-state index contributed by atoms with van der Waals surface area (Å²) in [7, 11) is 0. The maximum absolute atomic E-state index is 9.76. The van der Waals surface area contributed by atoms with Crippen LogP contribution in [0.4, 0.5) is 39.8 Å². The minimum atomic E-state index is 0.640. The highest BCUT2D eigenvalue weighted by Gasteiger charge is 2.28. The molecule has 0 fully saturated rings. The Balaban J connectivity index is 1.24. The molecule has 0 aromatic heterocycles. The minimum Gasteiger partial charge on any atom is -0.456 e. The summed E-state index contributed by atoms with van der Waals surface area (Å²) >= 11 is 0. The lowest BCUT2D eigenvalue weighted by molar-refractivity contribution is 0.487. The van der Waals surface area contributed by atoms with Gasteiger partial charge in [-0.1, -0.05) is 78.4 Å². The predicted molar refractivity (Wildman–Crippen MR) is 253 cm³/mol. The molecule has 0 unspecified atom stereocenters. The van der Waals surface area contributed by atoms with Gasteiger partial charge in [-0.15, -0.1) is 0 Å². The van der Waals surface area contributed by atoms with Gasteiger partial charge >= 0.3 is 0 Å². The van der Waals surface area contributed by atoms with Crippen molar-refractivity contribution in [1.82, 2.24) is 0 Å². The summed E-state index contributed by atoms with van der Waals surface area (Å²) in [5, 5.41) is 16.6. The van der Waals surface area contributed by atoms with Crippen LogP contribution in [0, 0.1) is 59.4 Å². The summed E-state index contributed by atoms with van der Waals surface area (Å²) in [6, 6.07) is 53.7. The molecule has 0 atom stereocenters. The second kappa shape index (κ2) is 14.5. The Hall–Kier alpha value is -7.86. The Morgan fingerprint density at radius 3 is 1.74 bits per heavy atom. The first-order chi connectivity index (χ1) is 29.6. The van der Waals surface area contributed by atoms with Gasteiger partial charge < -0.3 is 14.5 Å². The van der Waals surface area contributed by atoms with E-state index in [-0.39, 0.29) is 0 Å². The highest BCUT2D eigenvalue weighted by Crippen LogP contribution is 2.54. The van der Waals surface area contributed by atoms with E-state index in [2.05, 4.69) is 178 Å². The minimum absolute atomic E-state index is 0.640. The molecule has 10 rings (SSSR count). The second-order valence-corrected chi connectivity index (χ2v) is 16.4. The van der Waals surface area contributed by atoms with E-state index < -0.39 is 0 Å². The van der Waals surface area contributed by atoms with Crippen LogP contribution in [0.1, 0.15) is 38.9 Å². The zero-order valence-corrected chi connectivity index (χ0v) is 35.1. The number of aryl methyl sites for hydroxylation is 6. The fraction of sp³-hybridized carbons (Fsp3) is 0.107. The fourth-order valence-corrected chi connectivity index (χ4v) is 9.61. The lowest BCUT2D eigenvalue weighted by Gasteiger charge is -2.31. The Bertz CT molecular complexity index is 3330. The lowest BCUT2D eigenvalue weighted by atomic mass is 9.87. The molecule has 292 valence electrons. The van der Waals surface area contributed by atoms with E-state index in [1.807, 2.05) is 30.3 Å². The number of hydrogen-bond acceptors (Lipinski definition) is 4. The Morgan fingerprint density at radius 1 is 0.492 bits per heavy atom. The maximum Gasteiger partial charge on any atom is 0.187 e. The van der Waals surface area contributed by atoms with E-state index in [0.29, 0.717) is 11.3 Å². The van der Waals surface area contributed by atoms with Gasteiger partial charge in [0.25, 0.3) is 0 Å². The van der Waals surface area contributed by atoms with Crippen LogP contribution in [0.5, 0.6) is 11.5 Å². The molecule has 1 aliphatic rings. The van der Waals surface area contributed by atoms with Crippen LogP contribution >= 0.6 is 0 Å². The first-order valence-electron chi connectivity index (χ1n) is 20.6. The van der Waals surface area contributed by atoms with E-state index in [4.69, 9.17) is 11.3 Å². The fourth-order valence-electron chi connectivity index (χ4n) is 9.61. The molecule has 61 heavy (non-hydrogen) atoms. The molecule has 5 heteroatoms. The van der Waals surface area contributed by atoms with Crippen molar-refractivity contribution in [3.63, 3.8) is 0 Å². The van der Waals surface area contributed by atoms with Crippen molar-refractivity contribution in [1.29, 1.82) is 5.26 Å². The third kappa shape index (κ3) is 6.14. The zero-order valence-electron chi connectivity index (χ0n) is 35.1. The summed E-state index contributed by atoms with van der Waals surface area (Å²) in [5.41, 5.74) is 16.1. The maximum atomic E-state index is 9.76. The predicted octanol–water partition coefficient (Wildman–Crippen LogP) is 16.1. The van der Waals surface area contributed by atoms with Crippen LogP contribution in [0.3, 0.4) is 0 Å². The van der Waals surface area contributed by atoms with Crippen molar-refractivity contribution < 1.29 is 4.74 Å². The molecule has 0 saturated heterocycles. The van der Waals surface area contributed by atoms with Gasteiger partial charge in [0, 0.05) is 45.2 Å². The first-order valence-corrected chi connectivity index (χ1v) is 20.6. The van der Waals surface area contributed by atoms with Crippen molar-refractivity contribution in [3.05, 3.63) is 196 Å². The van der Waals surface area contributed by atoms with Gasteiger partial charge in [0.1, 0.15) is 11.5 Å². The molecular weight excluding hydrogens is 745 g/mol. The van der Waals surface area contributed by atoms with Crippen LogP contribution in [0.25, 0.3) is 48.3 Å². The quantitative estimate of drug-likeness (QED) is 0.124. The number of nitriles is 1. The Labute approximate surface area is 356 Å². The summed E-state index contributed by atoms with van der Waals surface area (Å²) in [6.45, 7) is 20.4. The molecule has 1 aliphatic heterocycles. The molecule has 0 saturated carbocycles. The van der Waals surface area contributed by atoms with E-state index in [1.54, 1.807) is 0 Å². The van der Waals surface area contributed by atoms with Gasteiger partial charge in [-0.05, 0) is 163 Å². The average Bonchev–Trinajstić information content (AvgIpc) is 3.26. The third-order valence-corrected chi connectivity index (χ3v) is 12.1. The standard InChI is InChI=1S/C56H42N4O/c1-33-18-20-44-46(22-33)47-30-50-45-21-19-43(59(41-14-10-8-11-15-41)55-35(3)25-39(32-57)26-36(55)4)29-52(45)61-53-24-34(2)23-49(54(50)53)48(47)31-51(44)60(42-16-12-9-13-17-42)56-37(5)27-40(58-7)28-38(56)6/h8-31H,1-6H3. The average molecular weight is 787 g/mol. The first kappa shape index (κ1) is 37.4. The molecule has 0 spiro atoms. The van der Waals surface area contributed by atoms with Gasteiger partial charge in [-0.3, -0.25) is 0 Å². The van der Waals surface area contributed by atoms with Crippen LogP contribution in [0.2, 0.25) is 0 Å². The van der Waals surface area contributed by atoms with Gasteiger partial charge in [-0.2, -0.15) is 5.26 Å². The van der Waals surface area contributed by atoms with Crippen LogP contribution in [0.15, 0.2) is 146 Å². The monoisotopic (exact) mass is 786 g/mol. The summed E-state index contributed by atoms with van der Waals surface area (Å²) in [6.07, 6.45) is 0. The second-order valence-electron chi connectivity index (χ2n) is 16.4. The van der Waals surface area contributed by atoms with Gasteiger partial charge in [0.2, 0.25) is 0 Å². The number of nitrogens with zero attached hydrogens (tertiary/aromatic N) is 4.